The van der Waals surface area contributed by atoms with Gasteiger partial charge in [0.05, 0.1) is 0 Å². The molecule has 0 aromatic rings. The van der Waals surface area contributed by atoms with E-state index in [1.54, 1.807) is 0 Å². The second kappa shape index (κ2) is 71.6. The van der Waals surface area contributed by atoms with Crippen LogP contribution in [0.25, 0.3) is 0 Å². The predicted molar refractivity (Wildman–Crippen MR) is 362 cm³/mol. The zero-order valence-electron chi connectivity index (χ0n) is 55.7. The Bertz CT molecular complexity index is 1470. The molecule has 484 valence electrons. The van der Waals surface area contributed by atoms with Gasteiger partial charge >= 0.3 is 17.9 Å². The third-order valence-electron chi connectivity index (χ3n) is 16.5. The molecule has 0 heterocycles. The lowest BCUT2D eigenvalue weighted by Gasteiger charge is -2.18. The predicted octanol–water partition coefficient (Wildman–Crippen LogP) is 25.5. The first-order valence-corrected chi connectivity index (χ1v) is 36.8. The molecule has 83 heavy (non-hydrogen) atoms. The van der Waals surface area contributed by atoms with Crippen molar-refractivity contribution < 1.29 is 28.6 Å². The number of ether oxygens (including phenoxy) is 3. The molecule has 0 amide bonds. The Morgan fingerprint density at radius 2 is 0.434 bits per heavy atom. The highest BCUT2D eigenvalue weighted by Gasteiger charge is 2.19. The second-order valence-electron chi connectivity index (χ2n) is 24.8. The molecule has 0 spiro atoms. The monoisotopic (exact) mass is 1160 g/mol. The summed E-state index contributed by atoms with van der Waals surface area (Å²) in [6.07, 6.45) is 92.6. The average Bonchev–Trinajstić information content (AvgIpc) is 3.49. The molecule has 0 saturated carbocycles. The van der Waals surface area contributed by atoms with Gasteiger partial charge in [0.25, 0.3) is 0 Å². The fourth-order valence-electron chi connectivity index (χ4n) is 10.9. The summed E-state index contributed by atoms with van der Waals surface area (Å²) in [6.45, 7) is 6.64. The normalized spacial score (nSPS) is 12.4. The fourth-order valence-corrected chi connectivity index (χ4v) is 10.9. The molecule has 0 aliphatic rings. The molecule has 1 atom stereocenters. The fraction of sp³-hybridized carbons (Fsp3) is 0.831. The SMILES string of the molecule is CCCCC/C=C\C/C=C\CCCCCCCCCC(=O)OC(COC(=O)CCCCCCC/C=C\CCCCCCCC)COC(=O)CCCCCCCCCCCCCCCCCCCCCCC/C=C\C/C=C\CCCCCCC. The van der Waals surface area contributed by atoms with Crippen LogP contribution in [-0.4, -0.2) is 37.2 Å². The Kier molecular flexibility index (Phi) is 69.1. The number of esters is 3. The van der Waals surface area contributed by atoms with Crippen LogP contribution < -0.4 is 0 Å². The first-order valence-electron chi connectivity index (χ1n) is 36.8. The minimum atomic E-state index is -0.781. The Hall–Kier alpha value is -2.89. The molecule has 0 aromatic carbocycles. The van der Waals surface area contributed by atoms with Gasteiger partial charge < -0.3 is 14.2 Å². The van der Waals surface area contributed by atoms with Crippen LogP contribution in [0.4, 0.5) is 0 Å². The highest BCUT2D eigenvalue weighted by Crippen LogP contribution is 2.18. The molecule has 0 rings (SSSR count). The van der Waals surface area contributed by atoms with Gasteiger partial charge in [0.1, 0.15) is 13.2 Å². The third-order valence-corrected chi connectivity index (χ3v) is 16.5. The summed E-state index contributed by atoms with van der Waals surface area (Å²) in [5, 5.41) is 0. The number of rotatable bonds is 68. The molecule has 0 aromatic heterocycles. The molecular weight excluding hydrogens is 1020 g/mol. The van der Waals surface area contributed by atoms with Crippen molar-refractivity contribution in [3.05, 3.63) is 60.8 Å². The van der Waals surface area contributed by atoms with Crippen LogP contribution in [0.5, 0.6) is 0 Å². The lowest BCUT2D eigenvalue weighted by atomic mass is 10.0. The van der Waals surface area contributed by atoms with E-state index in [1.807, 2.05) is 0 Å². The minimum Gasteiger partial charge on any atom is -0.462 e. The van der Waals surface area contributed by atoms with Gasteiger partial charge in [-0.25, -0.2) is 0 Å². The van der Waals surface area contributed by atoms with Gasteiger partial charge in [-0.05, 0) is 109 Å². The number of carbonyl (C=O) groups is 3. The molecule has 6 heteroatoms. The van der Waals surface area contributed by atoms with Crippen molar-refractivity contribution in [1.82, 2.24) is 0 Å². The summed E-state index contributed by atoms with van der Waals surface area (Å²) in [6, 6.07) is 0. The Morgan fingerprint density at radius 3 is 0.699 bits per heavy atom. The average molecular weight is 1160 g/mol. The topological polar surface area (TPSA) is 78.9 Å². The Morgan fingerprint density at radius 1 is 0.241 bits per heavy atom. The van der Waals surface area contributed by atoms with Crippen molar-refractivity contribution in [2.75, 3.05) is 13.2 Å². The van der Waals surface area contributed by atoms with Gasteiger partial charge in [0.2, 0.25) is 0 Å². The minimum absolute atomic E-state index is 0.0760. The van der Waals surface area contributed by atoms with E-state index < -0.39 is 6.10 Å². The summed E-state index contributed by atoms with van der Waals surface area (Å²) in [7, 11) is 0. The molecule has 0 N–H and O–H groups in total. The van der Waals surface area contributed by atoms with E-state index in [4.69, 9.17) is 14.2 Å². The smallest absolute Gasteiger partial charge is 0.306 e. The van der Waals surface area contributed by atoms with Crippen molar-refractivity contribution in [3.63, 3.8) is 0 Å². The number of allylic oxidation sites excluding steroid dienone is 10. The number of hydrogen-bond donors (Lipinski definition) is 0. The van der Waals surface area contributed by atoms with E-state index >= 15 is 0 Å². The Balaban J connectivity index is 4.16. The van der Waals surface area contributed by atoms with Crippen LogP contribution in [-0.2, 0) is 28.6 Å². The number of unbranched alkanes of at least 4 members (excludes halogenated alkanes) is 47. The summed E-state index contributed by atoms with van der Waals surface area (Å²) in [5.41, 5.74) is 0. The molecule has 0 saturated heterocycles. The zero-order chi connectivity index (χ0) is 59.9. The summed E-state index contributed by atoms with van der Waals surface area (Å²) >= 11 is 0. The zero-order valence-corrected chi connectivity index (χ0v) is 55.7. The second-order valence-corrected chi connectivity index (χ2v) is 24.8. The highest BCUT2D eigenvalue weighted by atomic mass is 16.6. The first kappa shape index (κ1) is 80.1. The van der Waals surface area contributed by atoms with Gasteiger partial charge in [-0.15, -0.1) is 0 Å². The van der Waals surface area contributed by atoms with Gasteiger partial charge in [0.15, 0.2) is 6.10 Å². The van der Waals surface area contributed by atoms with Gasteiger partial charge in [0, 0.05) is 19.3 Å². The van der Waals surface area contributed by atoms with Crippen LogP contribution in [0.2, 0.25) is 0 Å². The lowest BCUT2D eigenvalue weighted by molar-refractivity contribution is -0.167. The van der Waals surface area contributed by atoms with Crippen molar-refractivity contribution in [3.8, 4) is 0 Å². The molecule has 0 radical (unpaired) electrons. The summed E-state index contributed by atoms with van der Waals surface area (Å²) in [5.74, 6) is -0.869. The highest BCUT2D eigenvalue weighted by molar-refractivity contribution is 5.71. The van der Waals surface area contributed by atoms with E-state index in [9.17, 15) is 14.4 Å². The van der Waals surface area contributed by atoms with Crippen molar-refractivity contribution in [2.24, 2.45) is 0 Å². The lowest BCUT2D eigenvalue weighted by Crippen LogP contribution is -2.30. The van der Waals surface area contributed by atoms with Crippen molar-refractivity contribution in [2.45, 2.75) is 399 Å². The van der Waals surface area contributed by atoms with Crippen LogP contribution in [0.15, 0.2) is 60.8 Å². The van der Waals surface area contributed by atoms with Gasteiger partial charge in [-0.1, -0.05) is 326 Å². The van der Waals surface area contributed by atoms with Crippen LogP contribution in [0.3, 0.4) is 0 Å². The quantitative estimate of drug-likeness (QED) is 0.0261. The molecule has 0 aliphatic carbocycles. The molecule has 1 unspecified atom stereocenters. The maximum atomic E-state index is 12.9. The number of hydrogen-bond acceptors (Lipinski definition) is 6. The largest absolute Gasteiger partial charge is 0.462 e. The van der Waals surface area contributed by atoms with E-state index in [1.165, 1.54) is 270 Å². The molecular formula is C77H140O6. The molecule has 6 nitrogen and oxygen atoms in total. The van der Waals surface area contributed by atoms with Crippen LogP contribution in [0.1, 0.15) is 393 Å². The third kappa shape index (κ3) is 69.8. The molecule has 0 bridgehead atoms. The van der Waals surface area contributed by atoms with Crippen molar-refractivity contribution in [1.29, 1.82) is 0 Å². The Labute approximate surface area is 517 Å². The molecule has 0 fully saturated rings. The number of carbonyl (C=O) groups excluding carboxylic acids is 3. The van der Waals surface area contributed by atoms with E-state index in [0.717, 1.165) is 83.5 Å². The summed E-state index contributed by atoms with van der Waals surface area (Å²) < 4.78 is 17.0. The van der Waals surface area contributed by atoms with E-state index in [2.05, 4.69) is 81.5 Å². The van der Waals surface area contributed by atoms with Gasteiger partial charge in [-0.3, -0.25) is 14.4 Å². The van der Waals surface area contributed by atoms with Crippen LogP contribution >= 0.6 is 0 Å². The summed E-state index contributed by atoms with van der Waals surface area (Å²) in [4.78, 5) is 38.4. The van der Waals surface area contributed by atoms with Crippen molar-refractivity contribution >= 4 is 17.9 Å². The van der Waals surface area contributed by atoms with Gasteiger partial charge in [-0.2, -0.15) is 0 Å². The van der Waals surface area contributed by atoms with E-state index in [-0.39, 0.29) is 31.1 Å². The standard InChI is InChI=1S/C77H140O6/c1-4-7-10-13-16-19-22-25-28-30-31-32-33-34-35-36-37-38-39-40-41-42-43-44-45-47-49-52-55-58-61-64-67-70-76(79)82-73-74(72-81-75(78)69-66-63-60-57-54-51-48-27-24-21-18-15-12-9-6-3)83-77(80)71-68-65-62-59-56-53-50-46-29-26-23-20-17-14-11-8-5-2/h17,20,22,25-27,29-31,48,74H,4-16,18-19,21,23-24,28,32-47,49-73H2,1-3H3/b20-17-,25-22-,29-26-,31-30-,48-27-. The first-order chi connectivity index (χ1) is 41.0. The maximum absolute atomic E-state index is 12.9. The maximum Gasteiger partial charge on any atom is 0.306 e. The van der Waals surface area contributed by atoms with E-state index in [0.29, 0.717) is 19.3 Å². The molecule has 0 aliphatic heterocycles. The van der Waals surface area contributed by atoms with Crippen LogP contribution in [0, 0.1) is 0 Å².